The van der Waals surface area contributed by atoms with E-state index in [1.54, 1.807) is 30.3 Å². The number of hydrogen-bond donors (Lipinski definition) is 2. The van der Waals surface area contributed by atoms with Gasteiger partial charge in [-0.05, 0) is 23.3 Å². The minimum absolute atomic E-state index is 0.325. The van der Waals surface area contributed by atoms with Gasteiger partial charge in [-0.2, -0.15) is 13.2 Å². The van der Waals surface area contributed by atoms with Gasteiger partial charge in [0.25, 0.3) is 0 Å². The maximum atomic E-state index is 12.6. The molecule has 0 aliphatic heterocycles. The van der Waals surface area contributed by atoms with Crippen LogP contribution in [0.25, 0.3) is 11.1 Å². The van der Waals surface area contributed by atoms with Crippen molar-refractivity contribution in [1.29, 1.82) is 0 Å². The van der Waals surface area contributed by atoms with Crippen LogP contribution in [0.1, 0.15) is 11.6 Å². The number of hydrogen-bond acceptors (Lipinski definition) is 2. The Bertz CT molecular complexity index is 567. The zero-order valence-electron chi connectivity index (χ0n) is 9.85. The summed E-state index contributed by atoms with van der Waals surface area (Å²) in [6, 6.07) is 10.8. The Labute approximate surface area is 108 Å². The van der Waals surface area contributed by atoms with E-state index in [1.807, 2.05) is 6.07 Å². The van der Waals surface area contributed by atoms with E-state index in [4.69, 9.17) is 5.73 Å². The molecule has 0 aromatic heterocycles. The van der Waals surface area contributed by atoms with Crippen molar-refractivity contribution in [3.8, 4) is 16.9 Å². The van der Waals surface area contributed by atoms with Crippen LogP contribution in [0.5, 0.6) is 5.75 Å². The highest BCUT2D eigenvalue weighted by Crippen LogP contribution is 2.37. The van der Waals surface area contributed by atoms with Crippen molar-refractivity contribution in [2.45, 2.75) is 12.2 Å². The predicted molar refractivity (Wildman–Crippen MR) is 66.5 cm³/mol. The van der Waals surface area contributed by atoms with Gasteiger partial charge >= 0.3 is 6.18 Å². The highest BCUT2D eigenvalue weighted by molar-refractivity contribution is 5.65. The highest BCUT2D eigenvalue weighted by Gasteiger charge is 2.39. The first-order chi connectivity index (χ1) is 8.89. The maximum Gasteiger partial charge on any atom is 0.407 e. The van der Waals surface area contributed by atoms with Crippen LogP contribution in [0.15, 0.2) is 48.5 Å². The van der Waals surface area contributed by atoms with Crippen molar-refractivity contribution in [2.24, 2.45) is 5.73 Å². The molecule has 0 heterocycles. The Balaban J connectivity index is 2.47. The van der Waals surface area contributed by atoms with Gasteiger partial charge in [0, 0.05) is 5.56 Å². The molecule has 0 saturated carbocycles. The molecule has 0 fully saturated rings. The lowest BCUT2D eigenvalue weighted by Crippen LogP contribution is -2.28. The van der Waals surface area contributed by atoms with Crippen LogP contribution in [0.4, 0.5) is 13.2 Å². The number of phenols is 1. The quantitative estimate of drug-likeness (QED) is 0.872. The fourth-order valence-corrected chi connectivity index (χ4v) is 1.79. The number of halogens is 3. The van der Waals surface area contributed by atoms with Crippen LogP contribution < -0.4 is 5.73 Å². The Morgan fingerprint density at radius 1 is 0.947 bits per heavy atom. The fraction of sp³-hybridized carbons (Fsp3) is 0.143. The SMILES string of the molecule is N[C@@H](c1cc(-c2ccccc2)ccc1O)C(F)(F)F. The van der Waals surface area contributed by atoms with Gasteiger partial charge in [0.1, 0.15) is 11.8 Å². The zero-order valence-corrected chi connectivity index (χ0v) is 9.85. The minimum atomic E-state index is -4.59. The fourth-order valence-electron chi connectivity index (χ4n) is 1.79. The molecule has 100 valence electrons. The third kappa shape index (κ3) is 2.88. The largest absolute Gasteiger partial charge is 0.508 e. The van der Waals surface area contributed by atoms with Crippen molar-refractivity contribution in [1.82, 2.24) is 0 Å². The van der Waals surface area contributed by atoms with Gasteiger partial charge in [0.2, 0.25) is 0 Å². The second-order valence-electron chi connectivity index (χ2n) is 4.16. The van der Waals surface area contributed by atoms with Crippen LogP contribution >= 0.6 is 0 Å². The van der Waals surface area contributed by atoms with Crippen LogP contribution in [0.2, 0.25) is 0 Å². The number of aromatic hydroxyl groups is 1. The zero-order chi connectivity index (χ0) is 14.0. The molecule has 5 heteroatoms. The first-order valence-electron chi connectivity index (χ1n) is 5.60. The summed E-state index contributed by atoms with van der Waals surface area (Å²) in [4.78, 5) is 0. The third-order valence-corrected chi connectivity index (χ3v) is 2.82. The second-order valence-corrected chi connectivity index (χ2v) is 4.16. The third-order valence-electron chi connectivity index (χ3n) is 2.82. The lowest BCUT2D eigenvalue weighted by atomic mass is 9.98. The molecular formula is C14H12F3NO. The van der Waals surface area contributed by atoms with Crippen LogP contribution in [0, 0.1) is 0 Å². The summed E-state index contributed by atoms with van der Waals surface area (Å²) < 4.78 is 37.8. The van der Waals surface area contributed by atoms with E-state index in [0.717, 1.165) is 5.56 Å². The standard InChI is InChI=1S/C14H12F3NO/c15-14(16,17)13(18)11-8-10(6-7-12(11)19)9-4-2-1-3-5-9/h1-8,13,19H,18H2/t13-/m0/s1. The van der Waals surface area contributed by atoms with Crippen molar-refractivity contribution in [3.63, 3.8) is 0 Å². The first-order valence-corrected chi connectivity index (χ1v) is 5.60. The van der Waals surface area contributed by atoms with Crippen molar-refractivity contribution in [2.75, 3.05) is 0 Å². The molecule has 2 aromatic rings. The van der Waals surface area contributed by atoms with Gasteiger partial charge < -0.3 is 10.8 Å². The van der Waals surface area contributed by atoms with E-state index >= 15 is 0 Å². The highest BCUT2D eigenvalue weighted by atomic mass is 19.4. The van der Waals surface area contributed by atoms with Gasteiger partial charge in [0.05, 0.1) is 0 Å². The van der Waals surface area contributed by atoms with Gasteiger partial charge in [-0.25, -0.2) is 0 Å². The average Bonchev–Trinajstić information content (AvgIpc) is 2.38. The number of alkyl halides is 3. The van der Waals surface area contributed by atoms with Crippen molar-refractivity contribution in [3.05, 3.63) is 54.1 Å². The maximum absolute atomic E-state index is 12.6. The molecular weight excluding hydrogens is 255 g/mol. The molecule has 2 rings (SSSR count). The Morgan fingerprint density at radius 3 is 2.16 bits per heavy atom. The molecule has 19 heavy (non-hydrogen) atoms. The topological polar surface area (TPSA) is 46.2 Å². The van der Waals surface area contributed by atoms with Crippen LogP contribution in [-0.4, -0.2) is 11.3 Å². The Hall–Kier alpha value is -2.01. The molecule has 0 bridgehead atoms. The minimum Gasteiger partial charge on any atom is -0.508 e. The Kier molecular flexibility index (Phi) is 3.48. The van der Waals surface area contributed by atoms with E-state index in [1.165, 1.54) is 12.1 Å². The normalized spacial score (nSPS) is 13.3. The molecule has 0 aliphatic carbocycles. The summed E-state index contributed by atoms with van der Waals surface area (Å²) in [6.45, 7) is 0. The second kappa shape index (κ2) is 4.93. The first kappa shape index (κ1) is 13.4. The number of rotatable bonds is 2. The summed E-state index contributed by atoms with van der Waals surface area (Å²) in [5, 5.41) is 9.54. The molecule has 0 unspecified atom stereocenters. The lowest BCUT2D eigenvalue weighted by Gasteiger charge is -2.18. The summed E-state index contributed by atoms with van der Waals surface area (Å²) >= 11 is 0. The molecule has 0 amide bonds. The lowest BCUT2D eigenvalue weighted by molar-refractivity contribution is -0.149. The van der Waals surface area contributed by atoms with Crippen LogP contribution in [-0.2, 0) is 0 Å². The van der Waals surface area contributed by atoms with E-state index in [0.29, 0.717) is 5.56 Å². The van der Waals surface area contributed by atoms with Crippen LogP contribution in [0.3, 0.4) is 0 Å². The van der Waals surface area contributed by atoms with Crippen molar-refractivity contribution >= 4 is 0 Å². The van der Waals surface area contributed by atoms with Gasteiger partial charge in [-0.3, -0.25) is 0 Å². The molecule has 1 atom stereocenters. The molecule has 0 saturated heterocycles. The van der Waals surface area contributed by atoms with E-state index in [-0.39, 0.29) is 5.56 Å². The van der Waals surface area contributed by atoms with E-state index < -0.39 is 18.0 Å². The van der Waals surface area contributed by atoms with Gasteiger partial charge in [0.15, 0.2) is 0 Å². The predicted octanol–water partition coefficient (Wildman–Crippen LogP) is 3.62. The molecule has 2 aromatic carbocycles. The number of nitrogens with two attached hydrogens (primary N) is 1. The van der Waals surface area contributed by atoms with Gasteiger partial charge in [-0.1, -0.05) is 36.4 Å². The van der Waals surface area contributed by atoms with E-state index in [2.05, 4.69) is 0 Å². The summed E-state index contributed by atoms with van der Waals surface area (Å²) in [5.74, 6) is -0.454. The van der Waals surface area contributed by atoms with Crippen molar-refractivity contribution < 1.29 is 18.3 Å². The molecule has 0 aliphatic rings. The summed E-state index contributed by atoms with van der Waals surface area (Å²) in [5.41, 5.74) is 6.15. The Morgan fingerprint density at radius 2 is 1.58 bits per heavy atom. The molecule has 2 nitrogen and oxygen atoms in total. The smallest absolute Gasteiger partial charge is 0.407 e. The summed E-state index contributed by atoms with van der Waals surface area (Å²) in [6.07, 6.45) is -4.59. The molecule has 0 spiro atoms. The van der Waals surface area contributed by atoms with E-state index in [9.17, 15) is 18.3 Å². The number of benzene rings is 2. The molecule has 0 radical (unpaired) electrons. The van der Waals surface area contributed by atoms with Gasteiger partial charge in [-0.15, -0.1) is 0 Å². The average molecular weight is 267 g/mol. The monoisotopic (exact) mass is 267 g/mol. The summed E-state index contributed by atoms with van der Waals surface area (Å²) in [7, 11) is 0. The molecule has 3 N–H and O–H groups in total. The number of phenolic OH excluding ortho intramolecular Hbond substituents is 1.